The molecule has 0 aliphatic rings. The average molecular weight is 255 g/mol. The van der Waals surface area contributed by atoms with Gasteiger partial charge in [-0.3, -0.25) is 0 Å². The summed E-state index contributed by atoms with van der Waals surface area (Å²) in [4.78, 5) is 2.87. The van der Waals surface area contributed by atoms with Gasteiger partial charge in [-0.15, -0.1) is 11.3 Å². The maximum Gasteiger partial charge on any atom is 0.0750 e. The zero-order valence-corrected chi connectivity index (χ0v) is 12.5. The Morgan fingerprint density at radius 2 is 2.06 bits per heavy atom. The molecular weight excluding hydrogens is 230 g/mol. The summed E-state index contributed by atoms with van der Waals surface area (Å²) in [5.74, 6) is 0. The third-order valence-electron chi connectivity index (χ3n) is 2.83. The van der Waals surface area contributed by atoms with Crippen LogP contribution in [0, 0.1) is 0 Å². The molecule has 0 spiro atoms. The van der Waals surface area contributed by atoms with Gasteiger partial charge in [0.05, 0.1) is 5.60 Å². The highest BCUT2D eigenvalue weighted by Gasteiger charge is 2.19. The molecule has 1 unspecified atom stereocenters. The SMILES string of the molecule is CCOC(C)(C)CNC(C)c1ccc(CC)s1. The van der Waals surface area contributed by atoms with E-state index in [2.05, 4.69) is 45.1 Å². The normalized spacial score (nSPS) is 13.9. The topological polar surface area (TPSA) is 21.3 Å². The van der Waals surface area contributed by atoms with E-state index in [1.807, 2.05) is 18.3 Å². The van der Waals surface area contributed by atoms with Crippen molar-refractivity contribution in [2.24, 2.45) is 0 Å². The Hall–Kier alpha value is -0.380. The van der Waals surface area contributed by atoms with E-state index in [4.69, 9.17) is 4.74 Å². The molecule has 1 N–H and O–H groups in total. The highest BCUT2D eigenvalue weighted by atomic mass is 32.1. The quantitative estimate of drug-likeness (QED) is 0.800. The Kier molecular flexibility index (Phi) is 5.63. The lowest BCUT2D eigenvalue weighted by Crippen LogP contribution is -2.38. The number of nitrogens with one attached hydrogen (secondary N) is 1. The minimum atomic E-state index is -0.0894. The van der Waals surface area contributed by atoms with Gasteiger partial charge in [-0.2, -0.15) is 0 Å². The molecule has 0 aromatic carbocycles. The summed E-state index contributed by atoms with van der Waals surface area (Å²) in [6, 6.07) is 4.86. The summed E-state index contributed by atoms with van der Waals surface area (Å²) in [5, 5.41) is 3.55. The highest BCUT2D eigenvalue weighted by Crippen LogP contribution is 2.23. The molecule has 0 amide bonds. The lowest BCUT2D eigenvalue weighted by atomic mass is 10.1. The van der Waals surface area contributed by atoms with E-state index >= 15 is 0 Å². The van der Waals surface area contributed by atoms with Crippen molar-refractivity contribution < 1.29 is 4.74 Å². The Morgan fingerprint density at radius 3 is 2.59 bits per heavy atom. The van der Waals surface area contributed by atoms with Gasteiger partial charge in [0.2, 0.25) is 0 Å². The molecule has 0 aliphatic carbocycles. The number of hydrogen-bond acceptors (Lipinski definition) is 3. The molecular formula is C14H25NOS. The summed E-state index contributed by atoms with van der Waals surface area (Å²) in [6.45, 7) is 12.4. The third-order valence-corrected chi connectivity index (χ3v) is 4.24. The number of aryl methyl sites for hydroxylation is 1. The van der Waals surface area contributed by atoms with Crippen LogP contribution in [0.2, 0.25) is 0 Å². The molecule has 0 aliphatic heterocycles. The van der Waals surface area contributed by atoms with Gasteiger partial charge in [0, 0.05) is 28.9 Å². The zero-order chi connectivity index (χ0) is 12.9. The average Bonchev–Trinajstić information content (AvgIpc) is 2.74. The second-order valence-corrected chi connectivity index (χ2v) is 6.15. The van der Waals surface area contributed by atoms with Crippen LogP contribution < -0.4 is 5.32 Å². The van der Waals surface area contributed by atoms with Crippen molar-refractivity contribution in [3.8, 4) is 0 Å². The Balaban J connectivity index is 2.46. The number of thiophene rings is 1. The van der Waals surface area contributed by atoms with Crippen LogP contribution in [-0.4, -0.2) is 18.8 Å². The first-order valence-electron chi connectivity index (χ1n) is 6.44. The molecule has 98 valence electrons. The van der Waals surface area contributed by atoms with Crippen molar-refractivity contribution in [3.05, 3.63) is 21.9 Å². The van der Waals surface area contributed by atoms with Gasteiger partial charge >= 0.3 is 0 Å². The molecule has 1 aromatic heterocycles. The summed E-state index contributed by atoms with van der Waals surface area (Å²) >= 11 is 1.90. The molecule has 1 atom stereocenters. The van der Waals surface area contributed by atoms with E-state index in [-0.39, 0.29) is 5.60 Å². The van der Waals surface area contributed by atoms with Crippen LogP contribution in [0.15, 0.2) is 12.1 Å². The summed E-state index contributed by atoms with van der Waals surface area (Å²) < 4.78 is 5.68. The summed E-state index contributed by atoms with van der Waals surface area (Å²) in [5.41, 5.74) is -0.0894. The highest BCUT2D eigenvalue weighted by molar-refractivity contribution is 7.12. The molecule has 0 saturated heterocycles. The number of hydrogen-bond donors (Lipinski definition) is 1. The van der Waals surface area contributed by atoms with Gasteiger partial charge in [0.25, 0.3) is 0 Å². The molecule has 1 rings (SSSR count). The van der Waals surface area contributed by atoms with E-state index in [0.717, 1.165) is 19.6 Å². The molecule has 0 saturated carbocycles. The van der Waals surface area contributed by atoms with E-state index in [0.29, 0.717) is 6.04 Å². The van der Waals surface area contributed by atoms with Crippen molar-refractivity contribution in [2.45, 2.75) is 52.7 Å². The fraction of sp³-hybridized carbons (Fsp3) is 0.714. The van der Waals surface area contributed by atoms with Crippen LogP contribution in [0.4, 0.5) is 0 Å². The first-order chi connectivity index (χ1) is 7.98. The van der Waals surface area contributed by atoms with Crippen LogP contribution in [-0.2, 0) is 11.2 Å². The minimum Gasteiger partial charge on any atom is -0.375 e. The fourth-order valence-corrected chi connectivity index (χ4v) is 2.74. The van der Waals surface area contributed by atoms with Gasteiger partial charge in [0.1, 0.15) is 0 Å². The summed E-state index contributed by atoms with van der Waals surface area (Å²) in [7, 11) is 0. The maximum absolute atomic E-state index is 5.68. The lowest BCUT2D eigenvalue weighted by Gasteiger charge is -2.26. The smallest absolute Gasteiger partial charge is 0.0750 e. The Bertz CT molecular complexity index is 333. The molecule has 0 bridgehead atoms. The lowest BCUT2D eigenvalue weighted by molar-refractivity contribution is -0.0102. The molecule has 1 aromatic rings. The number of ether oxygens (including phenoxy) is 1. The van der Waals surface area contributed by atoms with Crippen LogP contribution >= 0.6 is 11.3 Å². The molecule has 17 heavy (non-hydrogen) atoms. The minimum absolute atomic E-state index is 0.0894. The Morgan fingerprint density at radius 1 is 1.35 bits per heavy atom. The summed E-state index contributed by atoms with van der Waals surface area (Å²) in [6.07, 6.45) is 1.13. The van der Waals surface area contributed by atoms with Crippen LogP contribution in [0.1, 0.15) is 50.4 Å². The second kappa shape index (κ2) is 6.53. The van der Waals surface area contributed by atoms with E-state index in [1.54, 1.807) is 0 Å². The zero-order valence-electron chi connectivity index (χ0n) is 11.7. The van der Waals surface area contributed by atoms with Gasteiger partial charge in [-0.25, -0.2) is 0 Å². The second-order valence-electron chi connectivity index (χ2n) is 4.95. The van der Waals surface area contributed by atoms with Crippen molar-refractivity contribution in [1.82, 2.24) is 5.32 Å². The van der Waals surface area contributed by atoms with Crippen LogP contribution in [0.5, 0.6) is 0 Å². The van der Waals surface area contributed by atoms with Gasteiger partial charge in [-0.05, 0) is 46.2 Å². The fourth-order valence-electron chi connectivity index (χ4n) is 1.76. The van der Waals surface area contributed by atoms with E-state index < -0.39 is 0 Å². The first kappa shape index (κ1) is 14.7. The van der Waals surface area contributed by atoms with Crippen LogP contribution in [0.25, 0.3) is 0 Å². The molecule has 2 nitrogen and oxygen atoms in total. The predicted molar refractivity (Wildman–Crippen MR) is 75.8 cm³/mol. The maximum atomic E-state index is 5.68. The van der Waals surface area contributed by atoms with Gasteiger partial charge in [0.15, 0.2) is 0 Å². The van der Waals surface area contributed by atoms with E-state index in [9.17, 15) is 0 Å². The van der Waals surface area contributed by atoms with Crippen molar-refractivity contribution in [3.63, 3.8) is 0 Å². The van der Waals surface area contributed by atoms with E-state index in [1.165, 1.54) is 9.75 Å². The molecule has 3 heteroatoms. The molecule has 1 heterocycles. The molecule has 0 radical (unpaired) electrons. The molecule has 0 fully saturated rings. The van der Waals surface area contributed by atoms with Gasteiger partial charge in [-0.1, -0.05) is 6.92 Å². The number of rotatable bonds is 7. The van der Waals surface area contributed by atoms with Crippen molar-refractivity contribution >= 4 is 11.3 Å². The third kappa shape index (κ3) is 4.78. The standard InChI is InChI=1S/C14H25NOS/c1-6-12-8-9-13(17-12)11(3)15-10-14(4,5)16-7-2/h8-9,11,15H,6-7,10H2,1-5H3. The largest absolute Gasteiger partial charge is 0.375 e. The van der Waals surface area contributed by atoms with Gasteiger partial charge < -0.3 is 10.1 Å². The predicted octanol–water partition coefficient (Wildman–Crippen LogP) is 3.78. The van der Waals surface area contributed by atoms with Crippen molar-refractivity contribution in [1.29, 1.82) is 0 Å². The first-order valence-corrected chi connectivity index (χ1v) is 7.26. The van der Waals surface area contributed by atoms with Crippen LogP contribution in [0.3, 0.4) is 0 Å². The monoisotopic (exact) mass is 255 g/mol. The Labute approximate surface area is 109 Å². The van der Waals surface area contributed by atoms with Crippen molar-refractivity contribution in [2.75, 3.05) is 13.2 Å².